The van der Waals surface area contributed by atoms with Crippen LogP contribution in [0.3, 0.4) is 0 Å². The monoisotopic (exact) mass is 490 g/mol. The van der Waals surface area contributed by atoms with Crippen molar-refractivity contribution in [2.24, 2.45) is 0 Å². The average molecular weight is 491 g/mol. The molecule has 0 aromatic heterocycles. The Hall–Kier alpha value is -4.60. The summed E-state index contributed by atoms with van der Waals surface area (Å²) in [5, 5.41) is 22.6. The summed E-state index contributed by atoms with van der Waals surface area (Å²) in [6, 6.07) is 19.7. The number of benzene rings is 3. The van der Waals surface area contributed by atoms with Gasteiger partial charge in [0.05, 0.1) is 9.85 Å². The van der Waals surface area contributed by atoms with Crippen LogP contribution in [0.5, 0.6) is 0 Å². The molecule has 0 heterocycles. The first-order valence-electron chi connectivity index (χ1n) is 11.3. The van der Waals surface area contributed by atoms with E-state index in [1.807, 2.05) is 49.4 Å². The fraction of sp³-hybridized carbons (Fsp3) is 0.231. The predicted molar refractivity (Wildman–Crippen MR) is 135 cm³/mol. The first-order valence-corrected chi connectivity index (χ1v) is 11.3. The highest BCUT2D eigenvalue weighted by atomic mass is 16.6. The van der Waals surface area contributed by atoms with E-state index in [1.54, 1.807) is 24.1 Å². The minimum atomic E-state index is -0.888. The first kappa shape index (κ1) is 26.0. The third kappa shape index (κ3) is 6.09. The SMILES string of the molecule is CCc1ccccc1N(CCC(=O)N(C)Cc1ccccc1)C(=O)c1ccc([N+](=O)[O-])c([N+](=O)[O-])c1. The number of hydrogen-bond acceptors (Lipinski definition) is 6. The summed E-state index contributed by atoms with van der Waals surface area (Å²) in [6.07, 6.45) is 0.629. The zero-order valence-electron chi connectivity index (χ0n) is 20.0. The van der Waals surface area contributed by atoms with Gasteiger partial charge in [-0.2, -0.15) is 0 Å². The maximum absolute atomic E-state index is 13.6. The Bertz CT molecular complexity index is 1280. The number of nitro groups is 2. The van der Waals surface area contributed by atoms with Crippen molar-refractivity contribution in [3.63, 3.8) is 0 Å². The molecule has 3 aromatic carbocycles. The van der Waals surface area contributed by atoms with Gasteiger partial charge >= 0.3 is 11.4 Å². The van der Waals surface area contributed by atoms with Crippen LogP contribution in [0.25, 0.3) is 0 Å². The fourth-order valence-electron chi connectivity index (χ4n) is 3.86. The van der Waals surface area contributed by atoms with E-state index in [1.165, 1.54) is 11.0 Å². The van der Waals surface area contributed by atoms with E-state index >= 15 is 0 Å². The largest absolute Gasteiger partial charge is 0.346 e. The summed E-state index contributed by atoms with van der Waals surface area (Å²) in [5.41, 5.74) is 0.846. The van der Waals surface area contributed by atoms with Crippen molar-refractivity contribution in [3.05, 3.63) is 110 Å². The molecule has 186 valence electrons. The summed E-state index contributed by atoms with van der Waals surface area (Å²) in [5.74, 6) is -0.771. The molecule has 0 bridgehead atoms. The molecule has 10 nitrogen and oxygen atoms in total. The Kier molecular flexibility index (Phi) is 8.45. The van der Waals surface area contributed by atoms with Crippen LogP contribution >= 0.6 is 0 Å². The predicted octanol–water partition coefficient (Wildman–Crippen LogP) is 4.76. The van der Waals surface area contributed by atoms with Crippen LogP contribution in [0.4, 0.5) is 17.1 Å². The summed E-state index contributed by atoms with van der Waals surface area (Å²) < 4.78 is 0. The van der Waals surface area contributed by atoms with Crippen LogP contribution in [0.15, 0.2) is 72.8 Å². The van der Waals surface area contributed by atoms with Crippen molar-refractivity contribution < 1.29 is 19.4 Å². The molecule has 0 aliphatic carbocycles. The standard InChI is InChI=1S/C26H26N4O6/c1-3-20-11-7-8-12-22(20)28(16-15-25(31)27(2)18-19-9-5-4-6-10-19)26(32)21-13-14-23(29(33)34)24(17-21)30(35)36/h4-14,17H,3,15-16,18H2,1-2H3. The molecule has 3 aromatic rings. The molecule has 0 spiro atoms. The lowest BCUT2D eigenvalue weighted by Gasteiger charge is -2.26. The molecule has 3 rings (SSSR count). The van der Waals surface area contributed by atoms with Gasteiger partial charge in [-0.1, -0.05) is 55.5 Å². The smallest absolute Gasteiger partial charge is 0.341 e. The Balaban J connectivity index is 1.90. The maximum Gasteiger partial charge on any atom is 0.346 e. The van der Waals surface area contributed by atoms with E-state index in [4.69, 9.17) is 0 Å². The molecular formula is C26H26N4O6. The van der Waals surface area contributed by atoms with Gasteiger partial charge in [0.1, 0.15) is 0 Å². The van der Waals surface area contributed by atoms with Crippen molar-refractivity contribution >= 4 is 28.9 Å². The topological polar surface area (TPSA) is 127 Å². The van der Waals surface area contributed by atoms with Gasteiger partial charge in [-0.25, -0.2) is 0 Å². The number of anilines is 1. The van der Waals surface area contributed by atoms with Gasteiger partial charge in [0, 0.05) is 49.9 Å². The number of rotatable bonds is 10. The van der Waals surface area contributed by atoms with E-state index in [9.17, 15) is 29.8 Å². The van der Waals surface area contributed by atoms with Crippen molar-refractivity contribution in [2.45, 2.75) is 26.3 Å². The number of carbonyl (C=O) groups is 2. The summed E-state index contributed by atoms with van der Waals surface area (Å²) >= 11 is 0. The normalized spacial score (nSPS) is 10.5. The summed E-state index contributed by atoms with van der Waals surface area (Å²) in [4.78, 5) is 50.2. The summed E-state index contributed by atoms with van der Waals surface area (Å²) in [6.45, 7) is 2.36. The van der Waals surface area contributed by atoms with Crippen LogP contribution < -0.4 is 4.90 Å². The quantitative estimate of drug-likeness (QED) is 0.298. The lowest BCUT2D eigenvalue weighted by molar-refractivity contribution is -0.422. The third-order valence-corrected chi connectivity index (χ3v) is 5.76. The van der Waals surface area contributed by atoms with Crippen LogP contribution in [0, 0.1) is 20.2 Å². The Morgan fingerprint density at radius 2 is 1.50 bits per heavy atom. The highest BCUT2D eigenvalue weighted by Crippen LogP contribution is 2.30. The van der Waals surface area contributed by atoms with E-state index in [0.717, 1.165) is 23.3 Å². The van der Waals surface area contributed by atoms with Gasteiger partial charge in [0.25, 0.3) is 5.91 Å². The van der Waals surface area contributed by atoms with Crippen LogP contribution in [0.2, 0.25) is 0 Å². The third-order valence-electron chi connectivity index (χ3n) is 5.76. The molecule has 36 heavy (non-hydrogen) atoms. The maximum atomic E-state index is 13.6. The molecule has 0 aliphatic heterocycles. The molecule has 2 amide bonds. The zero-order chi connectivity index (χ0) is 26.2. The Morgan fingerprint density at radius 1 is 0.861 bits per heavy atom. The van der Waals surface area contributed by atoms with Gasteiger partial charge in [-0.3, -0.25) is 29.8 Å². The average Bonchev–Trinajstić information content (AvgIpc) is 2.88. The molecule has 0 unspecified atom stereocenters. The number of aryl methyl sites for hydroxylation is 1. The molecular weight excluding hydrogens is 464 g/mol. The number of nitrogens with zero attached hydrogens (tertiary/aromatic N) is 4. The molecule has 10 heteroatoms. The molecule has 0 fully saturated rings. The highest BCUT2D eigenvalue weighted by molar-refractivity contribution is 6.07. The summed E-state index contributed by atoms with van der Waals surface area (Å²) in [7, 11) is 1.68. The zero-order valence-corrected chi connectivity index (χ0v) is 20.0. The lowest BCUT2D eigenvalue weighted by atomic mass is 10.1. The minimum absolute atomic E-state index is 0.0161. The van der Waals surface area contributed by atoms with E-state index in [-0.39, 0.29) is 24.4 Å². The van der Waals surface area contributed by atoms with Crippen LogP contribution in [-0.4, -0.2) is 40.2 Å². The van der Waals surface area contributed by atoms with Crippen molar-refractivity contribution in [3.8, 4) is 0 Å². The first-order chi connectivity index (χ1) is 17.2. The van der Waals surface area contributed by atoms with Gasteiger partial charge in [0.15, 0.2) is 0 Å². The van der Waals surface area contributed by atoms with E-state index < -0.39 is 27.1 Å². The van der Waals surface area contributed by atoms with E-state index in [0.29, 0.717) is 18.7 Å². The van der Waals surface area contributed by atoms with Crippen molar-refractivity contribution in [1.82, 2.24) is 4.90 Å². The molecule has 0 aliphatic rings. The van der Waals surface area contributed by atoms with Gasteiger partial charge in [-0.05, 0) is 29.7 Å². The molecule has 0 saturated heterocycles. The molecule has 0 atom stereocenters. The number of para-hydroxylation sites is 1. The second-order valence-corrected chi connectivity index (χ2v) is 8.14. The molecule has 0 N–H and O–H groups in total. The second-order valence-electron chi connectivity index (χ2n) is 8.14. The number of hydrogen-bond donors (Lipinski definition) is 0. The van der Waals surface area contributed by atoms with Gasteiger partial charge in [0.2, 0.25) is 5.91 Å². The second kappa shape index (κ2) is 11.7. The molecule has 0 radical (unpaired) electrons. The van der Waals surface area contributed by atoms with Crippen LogP contribution in [0.1, 0.15) is 34.8 Å². The van der Waals surface area contributed by atoms with E-state index in [2.05, 4.69) is 0 Å². The van der Waals surface area contributed by atoms with Crippen molar-refractivity contribution in [1.29, 1.82) is 0 Å². The van der Waals surface area contributed by atoms with Gasteiger partial charge in [-0.15, -0.1) is 0 Å². The fourth-order valence-corrected chi connectivity index (χ4v) is 3.86. The van der Waals surface area contributed by atoms with Crippen molar-refractivity contribution in [2.75, 3.05) is 18.5 Å². The number of carbonyl (C=O) groups excluding carboxylic acids is 2. The Morgan fingerprint density at radius 3 is 2.14 bits per heavy atom. The van der Waals surface area contributed by atoms with Crippen LogP contribution in [-0.2, 0) is 17.8 Å². The Labute approximate surface area is 208 Å². The minimum Gasteiger partial charge on any atom is -0.341 e. The molecule has 0 saturated carbocycles. The van der Waals surface area contributed by atoms with Gasteiger partial charge < -0.3 is 9.80 Å². The lowest BCUT2D eigenvalue weighted by Crippen LogP contribution is -2.36. The number of amides is 2. The number of nitro benzene ring substituents is 2. The highest BCUT2D eigenvalue weighted by Gasteiger charge is 2.28.